The van der Waals surface area contributed by atoms with Crippen molar-refractivity contribution in [2.75, 3.05) is 13.2 Å². The largest absolute Gasteiger partial charge is 0.460 e. The Hall–Kier alpha value is -1.47. The van der Waals surface area contributed by atoms with E-state index in [-0.39, 0.29) is 50.4 Å². The molecule has 3 saturated heterocycles. The summed E-state index contributed by atoms with van der Waals surface area (Å²) >= 11 is 0. The third-order valence-corrected chi connectivity index (χ3v) is 12.3. The lowest BCUT2D eigenvalue weighted by Crippen LogP contribution is -2.63. The van der Waals surface area contributed by atoms with Crippen LogP contribution in [0.3, 0.4) is 0 Å². The molecular formula is C36H58O19. The van der Waals surface area contributed by atoms with Crippen LogP contribution in [-0.4, -0.2) is 197 Å². The highest BCUT2D eigenvalue weighted by Gasteiger charge is 2.54. The Kier molecular flexibility index (Phi) is 14.6. The number of allylic oxidation sites excluding steroid dienone is 1. The van der Waals surface area contributed by atoms with Gasteiger partial charge in [-0.2, -0.15) is 0 Å². The molecule has 19 heteroatoms. The highest BCUT2D eigenvalue weighted by Crippen LogP contribution is 2.45. The quantitative estimate of drug-likeness (QED) is 0.0732. The maximum atomic E-state index is 12.5. The summed E-state index contributed by atoms with van der Waals surface area (Å²) in [6, 6.07) is 0. The van der Waals surface area contributed by atoms with Gasteiger partial charge in [0.05, 0.1) is 61.5 Å². The molecule has 19 nitrogen and oxygen atoms in total. The molecule has 0 aromatic rings. The van der Waals surface area contributed by atoms with Gasteiger partial charge in [-0.05, 0) is 63.2 Å². The van der Waals surface area contributed by atoms with Crippen molar-refractivity contribution in [3.05, 3.63) is 12.2 Å². The third-order valence-electron chi connectivity index (χ3n) is 12.3. The van der Waals surface area contributed by atoms with Gasteiger partial charge in [0, 0.05) is 18.4 Å². The van der Waals surface area contributed by atoms with Gasteiger partial charge in [-0.1, -0.05) is 6.08 Å². The first kappa shape index (κ1) is 43.1. The van der Waals surface area contributed by atoms with Gasteiger partial charge in [-0.3, -0.25) is 0 Å². The topological polar surface area (TPSA) is 315 Å². The number of hydrogen-bond acceptors (Lipinski definition) is 19. The van der Waals surface area contributed by atoms with Gasteiger partial charge in [-0.25, -0.2) is 4.79 Å². The monoisotopic (exact) mass is 794 g/mol. The van der Waals surface area contributed by atoms with Crippen molar-refractivity contribution < 1.29 is 94.5 Å². The SMILES string of the molecule is O=C(C=CC1CCC(O)C(O)C1)OC[C@H]1O[C@@H](OC2CC(O)CC3OC(C4CCC(O)C(O)C4)C(O[C@@H]4O[C@H](CO)[C@@H](O)[C@H](O)[C@H]4O)CC32)[C@H](O)[C@@H](O)[C@@H]1O. The van der Waals surface area contributed by atoms with Crippen LogP contribution < -0.4 is 0 Å². The molecule has 6 fully saturated rings. The smallest absolute Gasteiger partial charge is 0.330 e. The van der Waals surface area contributed by atoms with Gasteiger partial charge < -0.3 is 89.7 Å². The van der Waals surface area contributed by atoms with Crippen LogP contribution in [0.4, 0.5) is 0 Å². The summed E-state index contributed by atoms with van der Waals surface area (Å²) < 4.78 is 35.8. The number of carbonyl (C=O) groups excluding carboxylic acids is 1. The van der Waals surface area contributed by atoms with E-state index in [0.29, 0.717) is 19.3 Å². The second kappa shape index (κ2) is 18.6. The molecule has 0 amide bonds. The molecule has 0 bridgehead atoms. The number of aliphatic hydroxyl groups is 12. The first-order valence-corrected chi connectivity index (χ1v) is 19.4. The van der Waals surface area contributed by atoms with Crippen LogP contribution in [0.25, 0.3) is 0 Å². The fraction of sp³-hybridized carbons (Fsp3) is 0.917. The molecule has 12 unspecified atom stereocenters. The highest BCUT2D eigenvalue weighted by atomic mass is 16.7. The Morgan fingerprint density at radius 3 is 1.84 bits per heavy atom. The van der Waals surface area contributed by atoms with E-state index in [1.165, 1.54) is 6.08 Å². The second-order valence-corrected chi connectivity index (χ2v) is 16.1. The van der Waals surface area contributed by atoms with Crippen molar-refractivity contribution in [3.63, 3.8) is 0 Å². The molecule has 6 aliphatic rings. The molecule has 3 heterocycles. The summed E-state index contributed by atoms with van der Waals surface area (Å²) in [5, 5.41) is 125. The molecule has 6 rings (SSSR count). The molecule has 0 spiro atoms. The molecule has 3 saturated carbocycles. The first-order chi connectivity index (χ1) is 26.1. The minimum absolute atomic E-state index is 0.0266. The molecule has 22 atom stereocenters. The average molecular weight is 795 g/mol. The Bertz CT molecular complexity index is 1270. The number of esters is 1. The second-order valence-electron chi connectivity index (χ2n) is 16.1. The maximum absolute atomic E-state index is 12.5. The maximum Gasteiger partial charge on any atom is 0.330 e. The summed E-state index contributed by atoms with van der Waals surface area (Å²) in [4.78, 5) is 12.5. The van der Waals surface area contributed by atoms with Crippen LogP contribution in [0.1, 0.15) is 57.8 Å². The standard InChI is InChI=1S/C36H58O19/c37-12-25-28(44)30(46)32(48)36(54-25)53-24-11-17-22(51-34(24)15-3-5-19(40)21(42)8-15)9-16(38)10-23(17)52-35-33(49)31(47)29(45)26(55-35)13-50-27(43)6-2-14-1-4-18(39)20(41)7-14/h2,6,14-26,28-42,44-49H,1,3-5,7-13H2/t14?,15?,16?,17?,18?,19?,20?,21?,22?,23?,24?,25-,26-,28-,29-,30+,31+,32-,33-,34?,35-,36-/m1/s1. The molecule has 316 valence electrons. The fourth-order valence-electron chi connectivity index (χ4n) is 8.99. The van der Waals surface area contributed by atoms with E-state index < -0.39 is 141 Å². The Morgan fingerprint density at radius 1 is 0.600 bits per heavy atom. The number of ether oxygens (including phenoxy) is 6. The van der Waals surface area contributed by atoms with Gasteiger partial charge in [-0.15, -0.1) is 0 Å². The van der Waals surface area contributed by atoms with E-state index in [1.54, 1.807) is 6.08 Å². The average Bonchev–Trinajstić information content (AvgIpc) is 3.16. The van der Waals surface area contributed by atoms with Gasteiger partial charge in [0.25, 0.3) is 0 Å². The number of rotatable bonds is 10. The third kappa shape index (κ3) is 9.88. The summed E-state index contributed by atoms with van der Waals surface area (Å²) in [7, 11) is 0. The van der Waals surface area contributed by atoms with Crippen LogP contribution in [0.15, 0.2) is 12.2 Å². The number of carbonyl (C=O) groups is 1. The van der Waals surface area contributed by atoms with Crippen molar-refractivity contribution in [3.8, 4) is 0 Å². The van der Waals surface area contributed by atoms with E-state index in [4.69, 9.17) is 28.4 Å². The predicted molar refractivity (Wildman–Crippen MR) is 181 cm³/mol. The molecular weight excluding hydrogens is 736 g/mol. The Labute approximate surface area is 317 Å². The lowest BCUT2D eigenvalue weighted by molar-refractivity contribution is -0.344. The summed E-state index contributed by atoms with van der Waals surface area (Å²) in [6.45, 7) is -1.21. The zero-order valence-corrected chi connectivity index (χ0v) is 30.4. The molecule has 55 heavy (non-hydrogen) atoms. The van der Waals surface area contributed by atoms with Crippen molar-refractivity contribution in [2.45, 2.75) is 174 Å². The minimum Gasteiger partial charge on any atom is -0.460 e. The predicted octanol–water partition coefficient (Wildman–Crippen LogP) is -4.56. The summed E-state index contributed by atoms with van der Waals surface area (Å²) in [6.07, 6.45) is -18.7. The Balaban J connectivity index is 1.14. The van der Waals surface area contributed by atoms with Gasteiger partial charge >= 0.3 is 5.97 Å². The molecule has 3 aliphatic carbocycles. The van der Waals surface area contributed by atoms with Crippen molar-refractivity contribution in [1.29, 1.82) is 0 Å². The van der Waals surface area contributed by atoms with Gasteiger partial charge in [0.1, 0.15) is 55.4 Å². The van der Waals surface area contributed by atoms with Crippen LogP contribution in [0.2, 0.25) is 0 Å². The van der Waals surface area contributed by atoms with Crippen molar-refractivity contribution in [2.24, 2.45) is 17.8 Å². The van der Waals surface area contributed by atoms with Crippen LogP contribution in [-0.2, 0) is 33.2 Å². The Morgan fingerprint density at radius 2 is 1.20 bits per heavy atom. The van der Waals surface area contributed by atoms with E-state index in [9.17, 15) is 66.1 Å². The molecule has 0 aromatic heterocycles. The van der Waals surface area contributed by atoms with Crippen molar-refractivity contribution in [1.82, 2.24) is 0 Å². The molecule has 12 N–H and O–H groups in total. The number of aliphatic hydroxyl groups excluding tert-OH is 12. The number of fused-ring (bicyclic) bond motifs is 1. The molecule has 0 aromatic carbocycles. The van der Waals surface area contributed by atoms with Crippen LogP contribution >= 0.6 is 0 Å². The highest BCUT2D eigenvalue weighted by molar-refractivity contribution is 5.81. The number of hydrogen-bond donors (Lipinski definition) is 12. The van der Waals surface area contributed by atoms with Gasteiger partial charge in [0.15, 0.2) is 12.6 Å². The lowest BCUT2D eigenvalue weighted by atomic mass is 9.72. The van der Waals surface area contributed by atoms with Crippen molar-refractivity contribution >= 4 is 5.97 Å². The normalized spacial score (nSPS) is 51.1. The zero-order chi connectivity index (χ0) is 39.7. The lowest BCUT2D eigenvalue weighted by Gasteiger charge is -2.52. The summed E-state index contributed by atoms with van der Waals surface area (Å²) in [5.74, 6) is -1.87. The zero-order valence-electron chi connectivity index (χ0n) is 30.4. The van der Waals surface area contributed by atoms with E-state index >= 15 is 0 Å². The summed E-state index contributed by atoms with van der Waals surface area (Å²) in [5.41, 5.74) is 0. The van der Waals surface area contributed by atoms with Gasteiger partial charge in [0.2, 0.25) is 0 Å². The van der Waals surface area contributed by atoms with Crippen LogP contribution in [0.5, 0.6) is 0 Å². The first-order valence-electron chi connectivity index (χ1n) is 19.4. The van der Waals surface area contributed by atoms with E-state index in [2.05, 4.69) is 0 Å². The minimum atomic E-state index is -1.78. The molecule has 3 aliphatic heterocycles. The van der Waals surface area contributed by atoms with E-state index in [1.807, 2.05) is 0 Å². The van der Waals surface area contributed by atoms with E-state index in [0.717, 1.165) is 0 Å². The fourth-order valence-corrected chi connectivity index (χ4v) is 8.99. The van der Waals surface area contributed by atoms with Crippen LogP contribution in [0, 0.1) is 17.8 Å². The molecule has 0 radical (unpaired) electrons.